The van der Waals surface area contributed by atoms with Gasteiger partial charge in [-0.05, 0) is 6.07 Å². The number of fused-ring (bicyclic) bond motifs is 1. The summed E-state index contributed by atoms with van der Waals surface area (Å²) in [6.45, 7) is 5.00. The zero-order chi connectivity index (χ0) is 9.68. The Balaban J connectivity index is 0.000000396. The first-order valence-electron chi connectivity index (χ1n) is 4.69. The van der Waals surface area contributed by atoms with Gasteiger partial charge in [-0.3, -0.25) is 4.98 Å². The van der Waals surface area contributed by atoms with Crippen molar-refractivity contribution in [3.05, 3.63) is 30.1 Å². The van der Waals surface area contributed by atoms with Crippen LogP contribution in [0.15, 0.2) is 24.5 Å². The van der Waals surface area contributed by atoms with Crippen LogP contribution in [-0.2, 0) is 0 Å². The molecule has 1 aromatic rings. The summed E-state index contributed by atoms with van der Waals surface area (Å²) >= 11 is 0. The van der Waals surface area contributed by atoms with Crippen LogP contribution in [0.1, 0.15) is 19.4 Å². The third kappa shape index (κ3) is 2.08. The molecule has 70 valence electrons. The van der Waals surface area contributed by atoms with Crippen LogP contribution >= 0.6 is 0 Å². The Hall–Kier alpha value is -1.31. The molecule has 0 saturated heterocycles. The summed E-state index contributed by atoms with van der Waals surface area (Å²) in [4.78, 5) is 6.26. The van der Waals surface area contributed by atoms with Crippen LogP contribution in [0, 0.1) is 0 Å². The zero-order valence-corrected chi connectivity index (χ0v) is 8.49. The number of hydrogen-bond acceptors (Lipinski definition) is 2. The van der Waals surface area contributed by atoms with E-state index in [0.29, 0.717) is 0 Å². The first kappa shape index (κ1) is 9.78. The van der Waals surface area contributed by atoms with Crippen LogP contribution < -0.4 is 4.90 Å². The van der Waals surface area contributed by atoms with Crippen molar-refractivity contribution in [1.82, 2.24) is 4.98 Å². The molecule has 1 aromatic heterocycles. The number of anilines is 1. The van der Waals surface area contributed by atoms with Crippen LogP contribution in [0.25, 0.3) is 6.08 Å². The summed E-state index contributed by atoms with van der Waals surface area (Å²) in [6.07, 6.45) is 7.97. The molecule has 0 saturated carbocycles. The third-order valence-corrected chi connectivity index (χ3v) is 1.92. The van der Waals surface area contributed by atoms with Gasteiger partial charge in [0.2, 0.25) is 0 Å². The van der Waals surface area contributed by atoms with Crippen molar-refractivity contribution in [3.63, 3.8) is 0 Å². The molecule has 1 aliphatic heterocycles. The predicted molar refractivity (Wildman–Crippen MR) is 57.9 cm³/mol. The largest absolute Gasteiger partial charge is 0.370 e. The molecule has 2 heterocycles. The highest BCUT2D eigenvalue weighted by molar-refractivity contribution is 5.69. The molecule has 2 heteroatoms. The fourth-order valence-electron chi connectivity index (χ4n) is 1.31. The van der Waals surface area contributed by atoms with Crippen LogP contribution in [0.3, 0.4) is 0 Å². The summed E-state index contributed by atoms with van der Waals surface area (Å²) in [5.41, 5.74) is 2.48. The van der Waals surface area contributed by atoms with Gasteiger partial charge in [-0.1, -0.05) is 26.0 Å². The lowest BCUT2D eigenvalue weighted by molar-refractivity contribution is 1.01. The first-order valence-corrected chi connectivity index (χ1v) is 4.69. The second kappa shape index (κ2) is 4.65. The van der Waals surface area contributed by atoms with E-state index in [1.54, 1.807) is 0 Å². The molecule has 2 rings (SSSR count). The van der Waals surface area contributed by atoms with Gasteiger partial charge in [-0.2, -0.15) is 0 Å². The van der Waals surface area contributed by atoms with E-state index >= 15 is 0 Å². The second-order valence-electron chi connectivity index (χ2n) is 2.72. The highest BCUT2D eigenvalue weighted by Gasteiger charge is 2.06. The molecule has 0 fully saturated rings. The van der Waals surface area contributed by atoms with Crippen molar-refractivity contribution >= 4 is 11.8 Å². The van der Waals surface area contributed by atoms with Crippen molar-refractivity contribution < 1.29 is 0 Å². The van der Waals surface area contributed by atoms with Gasteiger partial charge in [0.05, 0.1) is 0 Å². The molecular formula is C11H16N2. The summed E-state index contributed by atoms with van der Waals surface area (Å²) in [6, 6.07) is 2.04. The van der Waals surface area contributed by atoms with Gasteiger partial charge in [0.25, 0.3) is 0 Å². The van der Waals surface area contributed by atoms with Gasteiger partial charge in [-0.25, -0.2) is 0 Å². The number of pyridine rings is 1. The standard InChI is InChI=1S/C9H10N2.C2H6/c1-11-6-2-3-8-7-10-5-4-9(8)11;1-2/h2-5,7H,6H2,1H3;1-2H3. The third-order valence-electron chi connectivity index (χ3n) is 1.92. The topological polar surface area (TPSA) is 16.1 Å². The van der Waals surface area contributed by atoms with E-state index in [9.17, 15) is 0 Å². The average Bonchev–Trinajstić information content (AvgIpc) is 2.22. The Kier molecular flexibility index (Phi) is 3.50. The molecule has 0 unspecified atom stereocenters. The van der Waals surface area contributed by atoms with Gasteiger partial charge >= 0.3 is 0 Å². The van der Waals surface area contributed by atoms with E-state index in [0.717, 1.165) is 6.54 Å². The maximum atomic E-state index is 4.05. The highest BCUT2D eigenvalue weighted by atomic mass is 15.1. The van der Waals surface area contributed by atoms with E-state index in [-0.39, 0.29) is 0 Å². The Morgan fingerprint density at radius 3 is 2.85 bits per heavy atom. The molecule has 0 N–H and O–H groups in total. The van der Waals surface area contributed by atoms with E-state index in [1.165, 1.54) is 11.3 Å². The molecule has 0 aromatic carbocycles. The Morgan fingerprint density at radius 2 is 2.15 bits per heavy atom. The molecule has 0 spiro atoms. The van der Waals surface area contributed by atoms with Crippen molar-refractivity contribution in [3.8, 4) is 0 Å². The fraction of sp³-hybridized carbons (Fsp3) is 0.364. The fourth-order valence-corrected chi connectivity index (χ4v) is 1.31. The van der Waals surface area contributed by atoms with Gasteiger partial charge in [0.15, 0.2) is 0 Å². The van der Waals surface area contributed by atoms with Crippen molar-refractivity contribution in [2.45, 2.75) is 13.8 Å². The van der Waals surface area contributed by atoms with Crippen LogP contribution in [-0.4, -0.2) is 18.6 Å². The quantitative estimate of drug-likeness (QED) is 0.604. The van der Waals surface area contributed by atoms with Gasteiger partial charge in [-0.15, -0.1) is 0 Å². The lowest BCUT2D eigenvalue weighted by atomic mass is 10.1. The molecule has 0 amide bonds. The van der Waals surface area contributed by atoms with Crippen molar-refractivity contribution in [1.29, 1.82) is 0 Å². The molecule has 0 aliphatic carbocycles. The highest BCUT2D eigenvalue weighted by Crippen LogP contribution is 2.22. The van der Waals surface area contributed by atoms with E-state index in [4.69, 9.17) is 0 Å². The zero-order valence-electron chi connectivity index (χ0n) is 8.49. The van der Waals surface area contributed by atoms with Gasteiger partial charge in [0, 0.05) is 37.2 Å². The summed E-state index contributed by atoms with van der Waals surface area (Å²) in [7, 11) is 2.09. The second-order valence-corrected chi connectivity index (χ2v) is 2.72. The summed E-state index contributed by atoms with van der Waals surface area (Å²) in [5.74, 6) is 0. The predicted octanol–water partition coefficient (Wildman–Crippen LogP) is 2.57. The summed E-state index contributed by atoms with van der Waals surface area (Å²) in [5, 5.41) is 0. The first-order chi connectivity index (χ1) is 6.38. The molecule has 1 aliphatic rings. The Bertz CT molecular complexity index is 292. The summed E-state index contributed by atoms with van der Waals surface area (Å²) < 4.78 is 0. The number of aromatic nitrogens is 1. The Morgan fingerprint density at radius 1 is 1.38 bits per heavy atom. The van der Waals surface area contributed by atoms with Crippen molar-refractivity contribution in [2.24, 2.45) is 0 Å². The molecule has 0 atom stereocenters. The molecule has 2 nitrogen and oxygen atoms in total. The smallest absolute Gasteiger partial charge is 0.0470 e. The lowest BCUT2D eigenvalue weighted by Gasteiger charge is -2.22. The van der Waals surface area contributed by atoms with Gasteiger partial charge < -0.3 is 4.90 Å². The van der Waals surface area contributed by atoms with Crippen LogP contribution in [0.5, 0.6) is 0 Å². The number of likely N-dealkylation sites (N-methyl/N-ethyl adjacent to an activating group) is 1. The van der Waals surface area contributed by atoms with Crippen LogP contribution in [0.2, 0.25) is 0 Å². The molecule has 0 bridgehead atoms. The molecular weight excluding hydrogens is 160 g/mol. The van der Waals surface area contributed by atoms with E-state index < -0.39 is 0 Å². The Labute approximate surface area is 79.9 Å². The molecule has 13 heavy (non-hydrogen) atoms. The van der Waals surface area contributed by atoms with E-state index in [1.807, 2.05) is 32.3 Å². The minimum absolute atomic E-state index is 0.997. The number of hydrogen-bond donors (Lipinski definition) is 0. The number of nitrogens with zero attached hydrogens (tertiary/aromatic N) is 2. The molecule has 0 radical (unpaired) electrons. The maximum absolute atomic E-state index is 4.05. The number of rotatable bonds is 0. The SMILES string of the molecule is CC.CN1CC=Cc2cnccc21. The minimum Gasteiger partial charge on any atom is -0.370 e. The average molecular weight is 176 g/mol. The van der Waals surface area contributed by atoms with Crippen molar-refractivity contribution in [2.75, 3.05) is 18.5 Å². The monoisotopic (exact) mass is 176 g/mol. The lowest BCUT2D eigenvalue weighted by Crippen LogP contribution is -2.20. The maximum Gasteiger partial charge on any atom is 0.0470 e. The van der Waals surface area contributed by atoms with E-state index in [2.05, 4.69) is 29.1 Å². The minimum atomic E-state index is 0.997. The van der Waals surface area contributed by atoms with Crippen LogP contribution in [0.4, 0.5) is 5.69 Å². The normalized spacial score (nSPS) is 13.0. The van der Waals surface area contributed by atoms with Gasteiger partial charge in [0.1, 0.15) is 0 Å².